The lowest BCUT2D eigenvalue weighted by Gasteiger charge is -2.34. The van der Waals surface area contributed by atoms with Crippen LogP contribution in [-0.4, -0.2) is 72.7 Å². The predicted octanol–water partition coefficient (Wildman–Crippen LogP) is 1.34. The maximum atomic E-state index is 12.8. The van der Waals surface area contributed by atoms with Crippen molar-refractivity contribution in [1.82, 2.24) is 9.80 Å². The van der Waals surface area contributed by atoms with E-state index in [4.69, 9.17) is 9.84 Å². The van der Waals surface area contributed by atoms with Gasteiger partial charge in [0.15, 0.2) is 0 Å². The maximum Gasteiger partial charge on any atom is 0.317 e. The fraction of sp³-hybridized carbons (Fsp3) is 0.579. The third-order valence-corrected chi connectivity index (χ3v) is 5.07. The number of nitrogens with zero attached hydrogens (tertiary/aromatic N) is 2. The first kappa shape index (κ1) is 17.9. The molecule has 1 saturated heterocycles. The Morgan fingerprint density at radius 3 is 2.84 bits per heavy atom. The lowest BCUT2D eigenvalue weighted by atomic mass is 10.0. The number of benzene rings is 1. The Morgan fingerprint density at radius 1 is 1.36 bits per heavy atom. The van der Waals surface area contributed by atoms with Gasteiger partial charge in [0.25, 0.3) is 0 Å². The summed E-state index contributed by atoms with van der Waals surface area (Å²) in [5, 5.41) is 8.85. The quantitative estimate of drug-likeness (QED) is 0.842. The number of hydrogen-bond donors (Lipinski definition) is 1. The highest BCUT2D eigenvalue weighted by atomic mass is 16.5. The number of amides is 1. The minimum absolute atomic E-state index is 0.0220. The summed E-state index contributed by atoms with van der Waals surface area (Å²) in [6, 6.07) is 8.28. The Kier molecular flexibility index (Phi) is 5.39. The van der Waals surface area contributed by atoms with E-state index in [1.165, 1.54) is 11.1 Å². The minimum atomic E-state index is -0.856. The number of aryl methyl sites for hydroxylation is 1. The van der Waals surface area contributed by atoms with Crippen molar-refractivity contribution in [1.29, 1.82) is 0 Å². The van der Waals surface area contributed by atoms with Crippen molar-refractivity contribution in [2.45, 2.75) is 25.4 Å². The van der Waals surface area contributed by atoms with Gasteiger partial charge >= 0.3 is 5.97 Å². The Balaban J connectivity index is 1.54. The summed E-state index contributed by atoms with van der Waals surface area (Å²) in [4.78, 5) is 27.2. The topological polar surface area (TPSA) is 70.1 Å². The van der Waals surface area contributed by atoms with Crippen molar-refractivity contribution in [2.24, 2.45) is 5.92 Å². The number of hydrogen-bond acceptors (Lipinski definition) is 4. The van der Waals surface area contributed by atoms with E-state index >= 15 is 0 Å². The van der Waals surface area contributed by atoms with Crippen molar-refractivity contribution in [3.8, 4) is 0 Å². The third kappa shape index (κ3) is 4.38. The molecule has 1 amide bonds. The number of carbonyl (C=O) groups excluding carboxylic acids is 1. The zero-order valence-corrected chi connectivity index (χ0v) is 14.9. The SMILES string of the molecule is Cc1ccccc1C1CC1C(=O)N1CCOC(CN(C)CC(=O)O)C1. The van der Waals surface area contributed by atoms with E-state index in [9.17, 15) is 9.59 Å². The molecule has 0 aromatic heterocycles. The number of carboxylic acid groups (broad SMARTS) is 1. The summed E-state index contributed by atoms with van der Waals surface area (Å²) in [5.41, 5.74) is 2.53. The minimum Gasteiger partial charge on any atom is -0.480 e. The molecule has 2 fully saturated rings. The van der Waals surface area contributed by atoms with E-state index in [0.29, 0.717) is 32.2 Å². The van der Waals surface area contributed by atoms with Crippen LogP contribution in [0.25, 0.3) is 0 Å². The first-order valence-electron chi connectivity index (χ1n) is 8.82. The molecule has 2 aliphatic rings. The Labute approximate surface area is 148 Å². The zero-order valence-electron chi connectivity index (χ0n) is 14.9. The second-order valence-electron chi connectivity index (χ2n) is 7.17. The molecule has 0 bridgehead atoms. The normalized spacial score (nSPS) is 25.9. The molecule has 1 aliphatic heterocycles. The fourth-order valence-electron chi connectivity index (χ4n) is 3.72. The summed E-state index contributed by atoms with van der Waals surface area (Å²) in [6.07, 6.45) is 0.794. The predicted molar refractivity (Wildman–Crippen MR) is 93.5 cm³/mol. The molecule has 25 heavy (non-hydrogen) atoms. The average molecular weight is 346 g/mol. The van der Waals surface area contributed by atoms with Crippen molar-refractivity contribution < 1.29 is 19.4 Å². The second-order valence-corrected chi connectivity index (χ2v) is 7.17. The standard InChI is InChI=1S/C19H26N2O4/c1-13-5-3-4-6-15(13)16-9-17(16)19(24)21-7-8-25-14(11-21)10-20(2)12-18(22)23/h3-6,14,16-17H,7-12H2,1-2H3,(H,22,23). The molecule has 0 radical (unpaired) electrons. The lowest BCUT2D eigenvalue weighted by molar-refractivity contribution is -0.143. The number of likely N-dealkylation sites (N-methyl/N-ethyl adjacent to an activating group) is 1. The average Bonchev–Trinajstić information content (AvgIpc) is 3.34. The molecule has 1 saturated carbocycles. The van der Waals surface area contributed by atoms with Crippen molar-refractivity contribution in [2.75, 3.05) is 39.8 Å². The highest BCUT2D eigenvalue weighted by Gasteiger charge is 2.46. The van der Waals surface area contributed by atoms with Crippen LogP contribution in [0.5, 0.6) is 0 Å². The number of rotatable bonds is 6. The van der Waals surface area contributed by atoms with Crippen molar-refractivity contribution in [3.63, 3.8) is 0 Å². The van der Waals surface area contributed by atoms with Gasteiger partial charge in [0.1, 0.15) is 0 Å². The van der Waals surface area contributed by atoms with Gasteiger partial charge < -0.3 is 14.7 Å². The maximum absolute atomic E-state index is 12.8. The molecule has 6 heteroatoms. The smallest absolute Gasteiger partial charge is 0.317 e. The van der Waals surface area contributed by atoms with E-state index in [1.807, 2.05) is 17.0 Å². The van der Waals surface area contributed by atoms with E-state index in [-0.39, 0.29) is 24.5 Å². The monoisotopic (exact) mass is 346 g/mol. The summed E-state index contributed by atoms with van der Waals surface area (Å²) in [5.74, 6) is -0.228. The highest BCUT2D eigenvalue weighted by Crippen LogP contribution is 2.49. The molecule has 3 unspecified atom stereocenters. The van der Waals surface area contributed by atoms with Gasteiger partial charge in [0.2, 0.25) is 5.91 Å². The molecule has 3 atom stereocenters. The molecule has 1 aliphatic carbocycles. The Morgan fingerprint density at radius 2 is 2.12 bits per heavy atom. The van der Waals surface area contributed by atoms with Crippen molar-refractivity contribution >= 4 is 11.9 Å². The molecular weight excluding hydrogens is 320 g/mol. The number of carbonyl (C=O) groups is 2. The van der Waals surface area contributed by atoms with Gasteiger partial charge in [-0.05, 0) is 37.4 Å². The van der Waals surface area contributed by atoms with Crippen LogP contribution in [0.2, 0.25) is 0 Å². The van der Waals surface area contributed by atoms with Crippen LogP contribution in [-0.2, 0) is 14.3 Å². The molecule has 1 aromatic carbocycles. The molecule has 1 N–H and O–H groups in total. The molecular formula is C19H26N2O4. The highest BCUT2D eigenvalue weighted by molar-refractivity contribution is 5.83. The molecule has 136 valence electrons. The van der Waals surface area contributed by atoms with Crippen LogP contribution in [0.3, 0.4) is 0 Å². The van der Waals surface area contributed by atoms with Gasteiger partial charge in [-0.15, -0.1) is 0 Å². The van der Waals surface area contributed by atoms with Crippen LogP contribution in [0.15, 0.2) is 24.3 Å². The van der Waals surface area contributed by atoms with E-state index in [0.717, 1.165) is 6.42 Å². The first-order valence-corrected chi connectivity index (χ1v) is 8.82. The Hall–Kier alpha value is -1.92. The molecule has 1 heterocycles. The number of carboxylic acids is 1. The van der Waals surface area contributed by atoms with Gasteiger partial charge in [-0.25, -0.2) is 0 Å². The van der Waals surface area contributed by atoms with Gasteiger partial charge in [0, 0.05) is 25.6 Å². The van der Waals surface area contributed by atoms with E-state index < -0.39 is 5.97 Å². The van der Waals surface area contributed by atoms with Crippen LogP contribution < -0.4 is 0 Å². The molecule has 0 spiro atoms. The van der Waals surface area contributed by atoms with Crippen LogP contribution in [0.4, 0.5) is 0 Å². The number of morpholine rings is 1. The number of ether oxygens (including phenoxy) is 1. The summed E-state index contributed by atoms with van der Waals surface area (Å²) >= 11 is 0. The summed E-state index contributed by atoms with van der Waals surface area (Å²) in [7, 11) is 1.76. The fourth-order valence-corrected chi connectivity index (χ4v) is 3.72. The van der Waals surface area contributed by atoms with Crippen LogP contribution >= 0.6 is 0 Å². The van der Waals surface area contributed by atoms with Crippen LogP contribution in [0, 0.1) is 12.8 Å². The van der Waals surface area contributed by atoms with Crippen LogP contribution in [0.1, 0.15) is 23.5 Å². The molecule has 3 rings (SSSR count). The first-order chi connectivity index (χ1) is 12.0. The lowest BCUT2D eigenvalue weighted by Crippen LogP contribution is -2.50. The van der Waals surface area contributed by atoms with Gasteiger partial charge in [-0.3, -0.25) is 14.5 Å². The van der Waals surface area contributed by atoms with Gasteiger partial charge in [-0.1, -0.05) is 24.3 Å². The van der Waals surface area contributed by atoms with E-state index in [2.05, 4.69) is 19.1 Å². The van der Waals surface area contributed by atoms with E-state index in [1.54, 1.807) is 11.9 Å². The zero-order chi connectivity index (χ0) is 18.0. The second kappa shape index (κ2) is 7.54. The third-order valence-electron chi connectivity index (χ3n) is 5.07. The Bertz CT molecular complexity index is 648. The largest absolute Gasteiger partial charge is 0.480 e. The van der Waals surface area contributed by atoms with Gasteiger partial charge in [-0.2, -0.15) is 0 Å². The summed E-state index contributed by atoms with van der Waals surface area (Å²) < 4.78 is 5.71. The molecule has 1 aromatic rings. The molecule has 6 nitrogen and oxygen atoms in total. The van der Waals surface area contributed by atoms with Crippen molar-refractivity contribution in [3.05, 3.63) is 35.4 Å². The number of aliphatic carboxylic acids is 1. The van der Waals surface area contributed by atoms with Gasteiger partial charge in [0.05, 0.1) is 19.3 Å². The summed E-state index contributed by atoms with van der Waals surface area (Å²) in [6.45, 7) is 4.26.